The molecule has 2 rings (SSSR count). The van der Waals surface area contributed by atoms with Crippen molar-refractivity contribution in [1.29, 1.82) is 0 Å². The monoisotopic (exact) mass is 484 g/mol. The number of ether oxygens (including phenoxy) is 1. The molecule has 138 valence electrons. The number of rotatable bonds is 4. The second-order valence-electron chi connectivity index (χ2n) is 4.80. The number of carbonyl (C=O) groups is 2. The topological polar surface area (TPSA) is 143 Å². The fraction of sp³-hybridized carbons (Fsp3) is 0.0714. The van der Waals surface area contributed by atoms with Crippen molar-refractivity contribution in [2.45, 2.75) is 6.36 Å². The second kappa shape index (κ2) is 6.86. The Morgan fingerprint density at radius 1 is 1.15 bits per heavy atom. The molecule has 0 aliphatic heterocycles. The number of nitrogen functional groups attached to an aromatic ring is 1. The third kappa shape index (κ3) is 3.89. The number of anilines is 1. The van der Waals surface area contributed by atoms with Crippen molar-refractivity contribution in [1.82, 2.24) is 4.98 Å². The van der Waals surface area contributed by atoms with Crippen LogP contribution >= 0.6 is 22.6 Å². The first-order chi connectivity index (χ1) is 11.9. The highest BCUT2D eigenvalue weighted by Crippen LogP contribution is 2.35. The molecule has 1 aromatic carbocycles. The van der Waals surface area contributed by atoms with E-state index in [4.69, 9.17) is 5.73 Å². The van der Waals surface area contributed by atoms with Gasteiger partial charge in [0.05, 0.1) is 3.57 Å². The maximum absolute atomic E-state index is 12.5. The van der Waals surface area contributed by atoms with E-state index in [2.05, 4.69) is 4.74 Å². The van der Waals surface area contributed by atoms with E-state index in [-0.39, 0.29) is 9.13 Å². The second-order valence-corrected chi connectivity index (χ2v) is 5.96. The van der Waals surface area contributed by atoms with Crippen LogP contribution in [0.5, 0.6) is 5.75 Å². The molecule has 0 aliphatic rings. The molecule has 0 atom stereocenters. The lowest BCUT2D eigenvalue weighted by Gasteiger charge is -2.15. The van der Waals surface area contributed by atoms with Crippen molar-refractivity contribution in [3.63, 3.8) is 0 Å². The zero-order chi connectivity index (χ0) is 19.8. The van der Waals surface area contributed by atoms with Crippen LogP contribution in [0.4, 0.5) is 19.0 Å². The summed E-state index contributed by atoms with van der Waals surface area (Å²) in [5.41, 5.74) is 1.59. The molecule has 8 nitrogen and oxygen atoms in total. The van der Waals surface area contributed by atoms with Crippen LogP contribution in [0.25, 0.3) is 11.1 Å². The zero-order valence-corrected chi connectivity index (χ0v) is 14.5. The highest BCUT2D eigenvalue weighted by molar-refractivity contribution is 14.1. The van der Waals surface area contributed by atoms with E-state index >= 15 is 0 Å². The predicted octanol–water partition coefficient (Wildman–Crippen LogP) is 2.52. The molecular weight excluding hydrogens is 476 g/mol. The highest BCUT2D eigenvalue weighted by atomic mass is 127. The van der Waals surface area contributed by atoms with Gasteiger partial charge < -0.3 is 25.7 Å². The Labute approximate surface area is 155 Å². The first-order valence-electron chi connectivity index (χ1n) is 6.50. The van der Waals surface area contributed by atoms with Gasteiger partial charge in [-0.25, -0.2) is 9.59 Å². The molecular formula is C14H8F3IN2O6. The molecule has 1 aromatic heterocycles. The van der Waals surface area contributed by atoms with Gasteiger partial charge in [0.2, 0.25) is 0 Å². The summed E-state index contributed by atoms with van der Waals surface area (Å²) >= 11 is 1.54. The van der Waals surface area contributed by atoms with Crippen LogP contribution in [0, 0.1) is 3.57 Å². The van der Waals surface area contributed by atoms with E-state index in [1.807, 2.05) is 4.98 Å². The Balaban J connectivity index is 2.87. The fourth-order valence-electron chi connectivity index (χ4n) is 2.20. The largest absolute Gasteiger partial charge is 0.573 e. The maximum Gasteiger partial charge on any atom is 0.573 e. The number of benzene rings is 1. The van der Waals surface area contributed by atoms with Crippen molar-refractivity contribution < 1.29 is 37.7 Å². The van der Waals surface area contributed by atoms with E-state index < -0.39 is 52.1 Å². The van der Waals surface area contributed by atoms with Crippen molar-refractivity contribution in [2.75, 3.05) is 5.73 Å². The van der Waals surface area contributed by atoms with Crippen LogP contribution in [0.15, 0.2) is 23.0 Å². The Hall–Kier alpha value is -2.77. The van der Waals surface area contributed by atoms with Crippen LogP contribution in [0.1, 0.15) is 20.7 Å². The van der Waals surface area contributed by atoms with E-state index in [1.54, 1.807) is 22.6 Å². The smallest absolute Gasteiger partial charge is 0.478 e. The van der Waals surface area contributed by atoms with Crippen LogP contribution in [0.3, 0.4) is 0 Å². The van der Waals surface area contributed by atoms with Gasteiger partial charge in [-0.05, 0) is 40.3 Å². The summed E-state index contributed by atoms with van der Waals surface area (Å²) in [6.07, 6.45) is -5.03. The molecule has 1 heterocycles. The van der Waals surface area contributed by atoms with E-state index in [1.165, 1.54) is 0 Å². The molecule has 0 bridgehead atoms. The van der Waals surface area contributed by atoms with Crippen LogP contribution < -0.4 is 16.0 Å². The van der Waals surface area contributed by atoms with Gasteiger partial charge in [0, 0.05) is 5.56 Å². The van der Waals surface area contributed by atoms with Gasteiger partial charge in [0.15, 0.2) is 0 Å². The summed E-state index contributed by atoms with van der Waals surface area (Å²) in [6, 6.07) is 3.08. The SMILES string of the molecule is Nc1[nH]c(=O)c(C(=O)O)c(-c2ccc(I)c(OC(F)(F)F)c2)c1C(=O)O. The molecule has 0 saturated heterocycles. The van der Waals surface area contributed by atoms with E-state index in [0.717, 1.165) is 18.2 Å². The minimum absolute atomic E-state index is 0.0234. The minimum atomic E-state index is -5.03. The fourth-order valence-corrected chi connectivity index (χ4v) is 2.64. The third-order valence-corrected chi connectivity index (χ3v) is 4.01. The number of aromatic nitrogens is 1. The normalized spacial score (nSPS) is 11.2. The van der Waals surface area contributed by atoms with Gasteiger partial charge in [0.1, 0.15) is 22.7 Å². The van der Waals surface area contributed by atoms with E-state index in [9.17, 15) is 37.8 Å². The van der Waals surface area contributed by atoms with Gasteiger partial charge in [0.25, 0.3) is 5.56 Å². The van der Waals surface area contributed by atoms with Gasteiger partial charge >= 0.3 is 18.3 Å². The van der Waals surface area contributed by atoms with Crippen molar-refractivity contribution >= 4 is 40.3 Å². The van der Waals surface area contributed by atoms with Gasteiger partial charge in [-0.3, -0.25) is 4.79 Å². The van der Waals surface area contributed by atoms with Crippen molar-refractivity contribution in [3.8, 4) is 16.9 Å². The average Bonchev–Trinajstić information content (AvgIpc) is 2.46. The molecule has 0 radical (unpaired) electrons. The average molecular weight is 484 g/mol. The first kappa shape index (κ1) is 19.6. The molecule has 0 saturated carbocycles. The summed E-state index contributed by atoms with van der Waals surface area (Å²) in [4.78, 5) is 36.7. The number of halogens is 4. The maximum atomic E-state index is 12.5. The number of nitrogens with one attached hydrogen (secondary N) is 1. The number of carboxylic acids is 2. The number of carboxylic acid groups (broad SMARTS) is 2. The zero-order valence-electron chi connectivity index (χ0n) is 12.3. The summed E-state index contributed by atoms with van der Waals surface area (Å²) in [7, 11) is 0. The Morgan fingerprint density at radius 2 is 1.73 bits per heavy atom. The number of hydrogen-bond donors (Lipinski definition) is 4. The predicted molar refractivity (Wildman–Crippen MR) is 90.2 cm³/mol. The number of aromatic amines is 1. The molecule has 12 heteroatoms. The lowest BCUT2D eigenvalue weighted by atomic mass is 9.95. The number of nitrogens with two attached hydrogens (primary N) is 1. The molecule has 0 amide bonds. The standard InChI is InChI=1S/C14H8F3IN2O6/c15-14(16,17)26-6-3-4(1-2-5(6)18)7-8(12(22)23)10(19)20-11(21)9(7)13(24)25/h1-3H,(H,22,23)(H,24,25)(H3,19,20,21). The van der Waals surface area contributed by atoms with Crippen molar-refractivity contribution in [2.24, 2.45) is 0 Å². The van der Waals surface area contributed by atoms with Crippen molar-refractivity contribution in [3.05, 3.63) is 43.2 Å². The number of alkyl halides is 3. The van der Waals surface area contributed by atoms with Gasteiger partial charge in [-0.2, -0.15) is 0 Å². The van der Waals surface area contributed by atoms with Gasteiger partial charge in [-0.1, -0.05) is 6.07 Å². The van der Waals surface area contributed by atoms with Crippen LogP contribution in [-0.2, 0) is 0 Å². The minimum Gasteiger partial charge on any atom is -0.478 e. The first-order valence-corrected chi connectivity index (χ1v) is 7.58. The third-order valence-electron chi connectivity index (χ3n) is 3.12. The summed E-state index contributed by atoms with van der Waals surface area (Å²) in [5.74, 6) is -4.78. The number of pyridine rings is 1. The Morgan fingerprint density at radius 3 is 2.23 bits per heavy atom. The van der Waals surface area contributed by atoms with Crippen LogP contribution in [-0.4, -0.2) is 33.5 Å². The van der Waals surface area contributed by atoms with Crippen LogP contribution in [0.2, 0.25) is 0 Å². The molecule has 26 heavy (non-hydrogen) atoms. The van der Waals surface area contributed by atoms with E-state index in [0.29, 0.717) is 0 Å². The lowest BCUT2D eigenvalue weighted by molar-refractivity contribution is -0.274. The highest BCUT2D eigenvalue weighted by Gasteiger charge is 2.33. The summed E-state index contributed by atoms with van der Waals surface area (Å²) in [6.45, 7) is 0. The quantitative estimate of drug-likeness (QED) is 0.489. The molecule has 0 fully saturated rings. The Kier molecular flexibility index (Phi) is 5.16. The number of aromatic carboxylic acids is 2. The molecule has 0 aliphatic carbocycles. The van der Waals surface area contributed by atoms with Gasteiger partial charge in [-0.15, -0.1) is 13.2 Å². The molecule has 0 spiro atoms. The summed E-state index contributed by atoms with van der Waals surface area (Å²) < 4.78 is 41.4. The lowest BCUT2D eigenvalue weighted by Crippen LogP contribution is -2.24. The summed E-state index contributed by atoms with van der Waals surface area (Å²) in [5, 5.41) is 18.6. The molecule has 5 N–H and O–H groups in total. The molecule has 0 unspecified atom stereocenters. The number of H-pyrrole nitrogens is 1. The number of hydrogen-bond acceptors (Lipinski definition) is 5. The Bertz CT molecular complexity index is 970. The molecule has 2 aromatic rings.